The van der Waals surface area contributed by atoms with Crippen LogP contribution >= 0.6 is 15.9 Å². The molecule has 118 valence electrons. The Labute approximate surface area is 142 Å². The van der Waals surface area contributed by atoms with Crippen LogP contribution in [0.4, 0.5) is 0 Å². The van der Waals surface area contributed by atoms with E-state index >= 15 is 0 Å². The van der Waals surface area contributed by atoms with Gasteiger partial charge in [-0.1, -0.05) is 34.1 Å². The first-order valence-electron chi connectivity index (χ1n) is 6.85. The zero-order valence-corrected chi connectivity index (χ0v) is 14.0. The van der Waals surface area contributed by atoms with Gasteiger partial charge in [-0.25, -0.2) is 0 Å². The standard InChI is InChI=1S/C18H15BrO4/c1-23-17-9-7-13(10-14(17)11-18(21)22)16(20)8-6-12-4-2-3-5-15(12)19/h2-10H,11H2,1H3,(H,21,22)/p-1/b8-6+. The lowest BCUT2D eigenvalue weighted by molar-refractivity contribution is -0.304. The Bertz CT molecular complexity index is 765. The van der Waals surface area contributed by atoms with E-state index in [0.717, 1.165) is 10.0 Å². The van der Waals surface area contributed by atoms with Gasteiger partial charge in [0.25, 0.3) is 0 Å². The van der Waals surface area contributed by atoms with Crippen LogP contribution in [0.5, 0.6) is 5.75 Å². The zero-order valence-electron chi connectivity index (χ0n) is 12.4. The van der Waals surface area contributed by atoms with Crippen molar-refractivity contribution in [2.45, 2.75) is 6.42 Å². The SMILES string of the molecule is COc1ccc(C(=O)/C=C/c2ccccc2Br)cc1CC(=O)[O-]. The van der Waals surface area contributed by atoms with Crippen molar-refractivity contribution in [2.75, 3.05) is 7.11 Å². The monoisotopic (exact) mass is 373 g/mol. The first-order valence-corrected chi connectivity index (χ1v) is 7.64. The maximum Gasteiger partial charge on any atom is 0.185 e. The van der Waals surface area contributed by atoms with Crippen LogP contribution in [-0.4, -0.2) is 18.9 Å². The molecule has 2 aromatic carbocycles. The van der Waals surface area contributed by atoms with Crippen molar-refractivity contribution in [2.24, 2.45) is 0 Å². The van der Waals surface area contributed by atoms with Crippen LogP contribution in [0, 0.1) is 0 Å². The number of carbonyl (C=O) groups excluding carboxylic acids is 2. The van der Waals surface area contributed by atoms with E-state index in [-0.39, 0.29) is 12.2 Å². The minimum absolute atomic E-state index is 0.219. The lowest BCUT2D eigenvalue weighted by Gasteiger charge is -2.10. The molecule has 23 heavy (non-hydrogen) atoms. The highest BCUT2D eigenvalue weighted by molar-refractivity contribution is 9.10. The summed E-state index contributed by atoms with van der Waals surface area (Å²) in [5, 5.41) is 10.8. The number of hydrogen-bond donors (Lipinski definition) is 0. The van der Waals surface area contributed by atoms with Crippen LogP contribution in [-0.2, 0) is 11.2 Å². The number of hydrogen-bond acceptors (Lipinski definition) is 4. The molecule has 5 heteroatoms. The number of carbonyl (C=O) groups is 2. The van der Waals surface area contributed by atoms with Crippen molar-refractivity contribution in [3.05, 3.63) is 69.7 Å². The van der Waals surface area contributed by atoms with Gasteiger partial charge in [0.15, 0.2) is 5.78 Å². The van der Waals surface area contributed by atoms with Crippen LogP contribution in [0.25, 0.3) is 6.08 Å². The second-order valence-corrected chi connectivity index (χ2v) is 5.65. The first-order chi connectivity index (χ1) is 11.0. The number of rotatable bonds is 6. The third-order valence-corrected chi connectivity index (χ3v) is 3.94. The van der Waals surface area contributed by atoms with E-state index in [2.05, 4.69) is 15.9 Å². The van der Waals surface area contributed by atoms with Gasteiger partial charge < -0.3 is 14.6 Å². The van der Waals surface area contributed by atoms with Crippen molar-refractivity contribution in [3.63, 3.8) is 0 Å². The van der Waals surface area contributed by atoms with E-state index in [4.69, 9.17) is 4.74 Å². The van der Waals surface area contributed by atoms with Gasteiger partial charge in [-0.05, 0) is 42.0 Å². The Morgan fingerprint density at radius 1 is 1.22 bits per heavy atom. The van der Waals surface area contributed by atoms with E-state index in [0.29, 0.717) is 16.9 Å². The number of benzene rings is 2. The van der Waals surface area contributed by atoms with E-state index in [1.807, 2.05) is 24.3 Å². The van der Waals surface area contributed by atoms with Gasteiger partial charge in [0, 0.05) is 28.0 Å². The molecule has 0 aliphatic heterocycles. The van der Waals surface area contributed by atoms with Crippen molar-refractivity contribution >= 4 is 33.8 Å². The van der Waals surface area contributed by atoms with Crippen LogP contribution in [0.2, 0.25) is 0 Å². The van der Waals surface area contributed by atoms with E-state index < -0.39 is 5.97 Å². The van der Waals surface area contributed by atoms with Crippen LogP contribution in [0.3, 0.4) is 0 Å². The normalized spacial score (nSPS) is 10.7. The molecule has 0 aromatic heterocycles. The molecule has 0 bridgehead atoms. The minimum Gasteiger partial charge on any atom is -0.550 e. The molecule has 0 spiro atoms. The molecule has 2 rings (SSSR count). The molecule has 0 saturated carbocycles. The highest BCUT2D eigenvalue weighted by Gasteiger charge is 2.09. The molecule has 0 heterocycles. The summed E-state index contributed by atoms with van der Waals surface area (Å²) in [7, 11) is 1.45. The number of ketones is 1. The molecular weight excluding hydrogens is 360 g/mol. The molecule has 2 aromatic rings. The lowest BCUT2D eigenvalue weighted by Crippen LogP contribution is -2.24. The minimum atomic E-state index is -1.23. The number of carboxylic acids is 1. The Morgan fingerprint density at radius 2 is 1.96 bits per heavy atom. The van der Waals surface area contributed by atoms with Gasteiger partial charge in [-0.3, -0.25) is 4.79 Å². The number of aliphatic carboxylic acids is 1. The van der Waals surface area contributed by atoms with Crippen molar-refractivity contribution in [3.8, 4) is 5.75 Å². The van der Waals surface area contributed by atoms with Gasteiger partial charge in [0.2, 0.25) is 0 Å². The van der Waals surface area contributed by atoms with Gasteiger partial charge >= 0.3 is 0 Å². The maximum absolute atomic E-state index is 12.3. The summed E-state index contributed by atoms with van der Waals surface area (Å²) in [6.45, 7) is 0. The Kier molecular flexibility index (Phi) is 5.71. The van der Waals surface area contributed by atoms with Gasteiger partial charge in [0.1, 0.15) is 5.75 Å². The molecule has 0 saturated heterocycles. The molecule has 0 unspecified atom stereocenters. The van der Waals surface area contributed by atoms with Crippen molar-refractivity contribution < 1.29 is 19.4 Å². The zero-order chi connectivity index (χ0) is 16.8. The smallest absolute Gasteiger partial charge is 0.185 e. The topological polar surface area (TPSA) is 66.4 Å². The maximum atomic E-state index is 12.3. The highest BCUT2D eigenvalue weighted by atomic mass is 79.9. The summed E-state index contributed by atoms with van der Waals surface area (Å²) in [4.78, 5) is 23.1. The fraction of sp³-hybridized carbons (Fsp3) is 0.111. The van der Waals surface area contributed by atoms with Crippen LogP contribution in [0.1, 0.15) is 21.5 Å². The summed E-state index contributed by atoms with van der Waals surface area (Å²) in [6.07, 6.45) is 2.85. The van der Waals surface area contributed by atoms with E-state index in [1.165, 1.54) is 19.3 Å². The van der Waals surface area contributed by atoms with Gasteiger partial charge in [-0.15, -0.1) is 0 Å². The Balaban J connectivity index is 2.25. The molecule has 0 radical (unpaired) electrons. The Hall–Kier alpha value is -2.40. The van der Waals surface area contributed by atoms with Gasteiger partial charge in [0.05, 0.1) is 7.11 Å². The summed E-state index contributed by atoms with van der Waals surface area (Å²) >= 11 is 3.41. The second kappa shape index (κ2) is 7.74. The predicted octanol–water partition coefficient (Wildman–Crippen LogP) is 2.65. The molecular formula is C18H14BrO4-. The molecule has 0 atom stereocenters. The predicted molar refractivity (Wildman–Crippen MR) is 89.2 cm³/mol. The highest BCUT2D eigenvalue weighted by Crippen LogP contribution is 2.22. The van der Waals surface area contributed by atoms with Crippen LogP contribution < -0.4 is 9.84 Å². The average molecular weight is 374 g/mol. The fourth-order valence-electron chi connectivity index (χ4n) is 2.10. The lowest BCUT2D eigenvalue weighted by atomic mass is 10.0. The van der Waals surface area contributed by atoms with Crippen molar-refractivity contribution in [1.29, 1.82) is 0 Å². The molecule has 0 fully saturated rings. The average Bonchev–Trinajstić information content (AvgIpc) is 2.53. The summed E-state index contributed by atoms with van der Waals surface area (Å²) in [5.74, 6) is -1.03. The number of ether oxygens (including phenoxy) is 1. The quantitative estimate of drug-likeness (QED) is 0.576. The summed E-state index contributed by atoms with van der Waals surface area (Å²) in [6, 6.07) is 12.2. The van der Waals surface area contributed by atoms with Crippen LogP contribution in [0.15, 0.2) is 53.0 Å². The van der Waals surface area contributed by atoms with E-state index in [1.54, 1.807) is 18.2 Å². The fourth-order valence-corrected chi connectivity index (χ4v) is 2.51. The summed E-state index contributed by atoms with van der Waals surface area (Å²) in [5.41, 5.74) is 1.68. The summed E-state index contributed by atoms with van der Waals surface area (Å²) < 4.78 is 5.98. The molecule has 0 aliphatic rings. The molecule has 0 N–H and O–H groups in total. The Morgan fingerprint density at radius 3 is 2.61 bits per heavy atom. The third kappa shape index (κ3) is 4.53. The largest absolute Gasteiger partial charge is 0.550 e. The molecule has 4 nitrogen and oxygen atoms in total. The van der Waals surface area contributed by atoms with Gasteiger partial charge in [-0.2, -0.15) is 0 Å². The van der Waals surface area contributed by atoms with Crippen molar-refractivity contribution in [1.82, 2.24) is 0 Å². The molecule has 0 aliphatic carbocycles. The number of methoxy groups -OCH3 is 1. The second-order valence-electron chi connectivity index (χ2n) is 4.79. The number of halogens is 1. The van der Waals surface area contributed by atoms with E-state index in [9.17, 15) is 14.7 Å². The number of allylic oxidation sites excluding steroid dienone is 1. The first kappa shape index (κ1) is 17.0. The third-order valence-electron chi connectivity index (χ3n) is 3.22. The number of carboxylic acid groups (broad SMARTS) is 1. The molecule has 0 amide bonds.